The molecule has 0 amide bonds. The number of benzene rings is 2. The molecule has 6 heteroatoms. The van der Waals surface area contributed by atoms with Gasteiger partial charge in [0.25, 0.3) is 0 Å². The Hall–Kier alpha value is -3.54. The number of hydrogen-bond acceptors (Lipinski definition) is 4. The second kappa shape index (κ2) is 7.23. The first-order valence-corrected chi connectivity index (χ1v) is 9.36. The van der Waals surface area contributed by atoms with Gasteiger partial charge in [-0.05, 0) is 24.3 Å². The molecular formula is C22H20N4O2. The van der Waals surface area contributed by atoms with Gasteiger partial charge in [0.05, 0.1) is 30.7 Å². The van der Waals surface area contributed by atoms with Crippen LogP contribution in [-0.2, 0) is 13.0 Å². The van der Waals surface area contributed by atoms with E-state index < -0.39 is 0 Å². The first-order chi connectivity index (χ1) is 13.9. The van der Waals surface area contributed by atoms with E-state index >= 15 is 0 Å². The molecule has 140 valence electrons. The third kappa shape index (κ3) is 3.03. The molecule has 0 N–H and O–H groups in total. The Balaban J connectivity index is 1.47. The van der Waals surface area contributed by atoms with E-state index in [1.165, 1.54) is 5.56 Å². The highest BCUT2D eigenvalue weighted by atomic mass is 16.5. The van der Waals surface area contributed by atoms with Crippen LogP contribution in [0.25, 0.3) is 17.1 Å². The van der Waals surface area contributed by atoms with E-state index in [4.69, 9.17) is 9.47 Å². The Labute approximate surface area is 163 Å². The zero-order valence-corrected chi connectivity index (χ0v) is 15.4. The molecule has 28 heavy (non-hydrogen) atoms. The van der Waals surface area contributed by atoms with Crippen LogP contribution in [0.1, 0.15) is 5.56 Å². The lowest BCUT2D eigenvalue weighted by Crippen LogP contribution is -2.08. The molecule has 1 aliphatic heterocycles. The van der Waals surface area contributed by atoms with Gasteiger partial charge in [-0.15, -0.1) is 0 Å². The molecule has 0 atom stereocenters. The zero-order chi connectivity index (χ0) is 18.8. The average Bonchev–Trinajstić information content (AvgIpc) is 3.49. The Kier molecular flexibility index (Phi) is 4.29. The number of rotatable bonds is 6. The summed E-state index contributed by atoms with van der Waals surface area (Å²) < 4.78 is 15.9. The number of para-hydroxylation sites is 1. The number of ether oxygens (including phenoxy) is 2. The number of aromatic nitrogens is 4. The van der Waals surface area contributed by atoms with Crippen molar-refractivity contribution in [2.24, 2.45) is 0 Å². The summed E-state index contributed by atoms with van der Waals surface area (Å²) in [6, 6.07) is 14.2. The van der Waals surface area contributed by atoms with Crippen LogP contribution in [0.5, 0.6) is 11.5 Å². The predicted molar refractivity (Wildman–Crippen MR) is 106 cm³/mol. The molecule has 0 saturated carbocycles. The first-order valence-electron chi connectivity index (χ1n) is 9.36. The van der Waals surface area contributed by atoms with Crippen LogP contribution in [0.3, 0.4) is 0 Å². The van der Waals surface area contributed by atoms with Crippen molar-refractivity contribution >= 4 is 0 Å². The lowest BCUT2D eigenvalue weighted by molar-refractivity contribution is 0.299. The molecule has 0 unspecified atom stereocenters. The molecule has 0 spiro atoms. The van der Waals surface area contributed by atoms with Gasteiger partial charge in [0, 0.05) is 36.8 Å². The molecule has 0 bridgehead atoms. The highest BCUT2D eigenvalue weighted by molar-refractivity contribution is 5.67. The Morgan fingerprint density at radius 1 is 1.04 bits per heavy atom. The third-order valence-electron chi connectivity index (χ3n) is 4.91. The van der Waals surface area contributed by atoms with E-state index in [9.17, 15) is 0 Å². The second-order valence-corrected chi connectivity index (χ2v) is 6.62. The fourth-order valence-corrected chi connectivity index (χ4v) is 3.58. The van der Waals surface area contributed by atoms with Crippen LogP contribution in [0.4, 0.5) is 0 Å². The van der Waals surface area contributed by atoms with Crippen molar-refractivity contribution in [3.8, 4) is 28.6 Å². The molecule has 0 aliphatic carbocycles. The van der Waals surface area contributed by atoms with Crippen LogP contribution < -0.4 is 9.47 Å². The van der Waals surface area contributed by atoms with Gasteiger partial charge < -0.3 is 14.0 Å². The lowest BCUT2D eigenvalue weighted by Gasteiger charge is -2.15. The third-order valence-corrected chi connectivity index (χ3v) is 4.91. The molecule has 6 nitrogen and oxygen atoms in total. The smallest absolute Gasteiger partial charge is 0.148 e. The van der Waals surface area contributed by atoms with E-state index in [-0.39, 0.29) is 0 Å². The molecule has 3 heterocycles. The van der Waals surface area contributed by atoms with Crippen molar-refractivity contribution < 1.29 is 9.47 Å². The molecule has 0 fully saturated rings. The van der Waals surface area contributed by atoms with Gasteiger partial charge in [-0.3, -0.25) is 4.57 Å². The quantitative estimate of drug-likeness (QED) is 0.517. The summed E-state index contributed by atoms with van der Waals surface area (Å²) in [6.07, 6.45) is 10.2. The number of hydrogen-bond donors (Lipinski definition) is 0. The van der Waals surface area contributed by atoms with Crippen molar-refractivity contribution in [1.82, 2.24) is 19.1 Å². The van der Waals surface area contributed by atoms with Gasteiger partial charge in [0.15, 0.2) is 0 Å². The topological polar surface area (TPSA) is 54.1 Å². The molecule has 2 aromatic heterocycles. The molecule has 0 radical (unpaired) electrons. The summed E-state index contributed by atoms with van der Waals surface area (Å²) in [4.78, 5) is 8.70. The second-order valence-electron chi connectivity index (χ2n) is 6.62. The number of nitrogens with zero attached hydrogens (tertiary/aromatic N) is 4. The molecule has 0 saturated heterocycles. The summed E-state index contributed by atoms with van der Waals surface area (Å²) in [6.45, 7) is 2.03. The maximum absolute atomic E-state index is 6.09. The fraction of sp³-hybridized carbons (Fsp3) is 0.182. The highest BCUT2D eigenvalue weighted by Gasteiger charge is 2.20. The number of fused-ring (bicyclic) bond motifs is 1. The molecule has 1 aliphatic rings. The normalized spacial score (nSPS) is 12.6. The van der Waals surface area contributed by atoms with E-state index in [0.29, 0.717) is 6.61 Å². The van der Waals surface area contributed by atoms with E-state index in [0.717, 1.165) is 48.1 Å². The van der Waals surface area contributed by atoms with Gasteiger partial charge in [-0.25, -0.2) is 9.97 Å². The summed E-state index contributed by atoms with van der Waals surface area (Å²) in [5.41, 5.74) is 3.30. The maximum atomic E-state index is 6.09. The maximum Gasteiger partial charge on any atom is 0.148 e. The predicted octanol–water partition coefficient (Wildman–Crippen LogP) is 3.75. The fourth-order valence-electron chi connectivity index (χ4n) is 3.58. The van der Waals surface area contributed by atoms with Crippen molar-refractivity contribution in [3.63, 3.8) is 0 Å². The first kappa shape index (κ1) is 16.6. The molecule has 4 aromatic rings. The van der Waals surface area contributed by atoms with E-state index in [1.807, 2.05) is 59.6 Å². The summed E-state index contributed by atoms with van der Waals surface area (Å²) >= 11 is 0. The van der Waals surface area contributed by atoms with Crippen LogP contribution in [0.15, 0.2) is 73.6 Å². The Morgan fingerprint density at radius 2 is 2.00 bits per heavy atom. The van der Waals surface area contributed by atoms with Crippen LogP contribution in [0, 0.1) is 0 Å². The Morgan fingerprint density at radius 3 is 2.93 bits per heavy atom. The monoisotopic (exact) mass is 372 g/mol. The van der Waals surface area contributed by atoms with Gasteiger partial charge >= 0.3 is 0 Å². The van der Waals surface area contributed by atoms with Gasteiger partial charge in [-0.1, -0.05) is 18.2 Å². The van der Waals surface area contributed by atoms with Crippen molar-refractivity contribution in [2.45, 2.75) is 13.0 Å². The van der Waals surface area contributed by atoms with Crippen LogP contribution in [0.2, 0.25) is 0 Å². The van der Waals surface area contributed by atoms with Crippen molar-refractivity contribution in [2.75, 3.05) is 13.2 Å². The summed E-state index contributed by atoms with van der Waals surface area (Å²) in [5.74, 6) is 2.64. The van der Waals surface area contributed by atoms with Crippen LogP contribution in [-0.4, -0.2) is 32.3 Å². The lowest BCUT2D eigenvalue weighted by atomic mass is 10.1. The zero-order valence-electron chi connectivity index (χ0n) is 15.4. The van der Waals surface area contributed by atoms with Gasteiger partial charge in [0.1, 0.15) is 23.9 Å². The SMILES string of the molecule is c1ccc(-c2nccn2-c2cccc3c2CCO3)c(OCCn2ccnc2)c1. The van der Waals surface area contributed by atoms with E-state index in [2.05, 4.69) is 20.6 Å². The summed E-state index contributed by atoms with van der Waals surface area (Å²) in [5, 5.41) is 0. The van der Waals surface area contributed by atoms with Crippen LogP contribution >= 0.6 is 0 Å². The highest BCUT2D eigenvalue weighted by Crippen LogP contribution is 2.35. The average molecular weight is 372 g/mol. The van der Waals surface area contributed by atoms with Gasteiger partial charge in [0.2, 0.25) is 0 Å². The standard InChI is InChI=1S/C22H20N4O2/c1-2-6-21(28-15-13-25-11-9-23-16-25)18(4-1)22-24-10-12-26(22)19-5-3-7-20-17(19)8-14-27-20/h1-7,9-12,16H,8,13-15H2. The molecular weight excluding hydrogens is 352 g/mol. The Bertz CT molecular complexity index is 1090. The van der Waals surface area contributed by atoms with E-state index in [1.54, 1.807) is 12.5 Å². The van der Waals surface area contributed by atoms with Crippen molar-refractivity contribution in [3.05, 3.63) is 79.1 Å². The van der Waals surface area contributed by atoms with Gasteiger partial charge in [-0.2, -0.15) is 0 Å². The summed E-state index contributed by atoms with van der Waals surface area (Å²) in [7, 11) is 0. The minimum Gasteiger partial charge on any atom is -0.493 e. The molecule has 5 rings (SSSR count). The molecule has 2 aromatic carbocycles. The van der Waals surface area contributed by atoms with Crippen molar-refractivity contribution in [1.29, 1.82) is 0 Å². The minimum atomic E-state index is 0.558. The largest absolute Gasteiger partial charge is 0.493 e. The minimum absolute atomic E-state index is 0.558. The number of imidazole rings is 2.